The number of aryl methyl sites for hydroxylation is 1. The lowest BCUT2D eigenvalue weighted by Crippen LogP contribution is -2.32. The molecule has 10 nitrogen and oxygen atoms in total. The fourth-order valence-electron chi connectivity index (χ4n) is 4.12. The molecule has 0 aliphatic carbocycles. The van der Waals surface area contributed by atoms with Gasteiger partial charge in [-0.2, -0.15) is 5.10 Å². The number of carbonyl (C=O) groups is 2. The van der Waals surface area contributed by atoms with Crippen LogP contribution in [0.2, 0.25) is 0 Å². The van der Waals surface area contributed by atoms with E-state index in [2.05, 4.69) is 15.3 Å². The first-order valence-electron chi connectivity index (χ1n) is 11.4. The molecule has 186 valence electrons. The second-order valence-corrected chi connectivity index (χ2v) is 10.6. The third-order valence-corrected chi connectivity index (χ3v) is 7.08. The van der Waals surface area contributed by atoms with Gasteiger partial charge in [-0.3, -0.25) is 14.3 Å². The van der Waals surface area contributed by atoms with Gasteiger partial charge < -0.3 is 20.7 Å². The Bertz CT molecular complexity index is 1170. The maximum Gasteiger partial charge on any atom is 0.269 e. The number of hydrogen-bond acceptors (Lipinski definition) is 7. The molecular formula is C23H33N5O5S. The maximum atomic E-state index is 13.3. The van der Waals surface area contributed by atoms with E-state index in [1.54, 1.807) is 4.68 Å². The highest BCUT2D eigenvalue weighted by molar-refractivity contribution is 7.90. The molecular weight excluding hydrogens is 458 g/mol. The number of nitrogens with two attached hydrogens (primary N) is 1. The molecule has 0 radical (unpaired) electrons. The van der Waals surface area contributed by atoms with E-state index < -0.39 is 21.7 Å². The number of sulfone groups is 1. The van der Waals surface area contributed by atoms with Crippen LogP contribution in [0.3, 0.4) is 0 Å². The lowest BCUT2D eigenvalue weighted by Gasteiger charge is -2.20. The Kier molecular flexibility index (Phi) is 7.98. The second kappa shape index (κ2) is 10.6. The van der Waals surface area contributed by atoms with Crippen molar-refractivity contribution in [2.75, 3.05) is 31.8 Å². The highest BCUT2D eigenvalue weighted by Crippen LogP contribution is 2.28. The first-order valence-corrected chi connectivity index (χ1v) is 13.3. The third kappa shape index (κ3) is 5.58. The van der Waals surface area contributed by atoms with E-state index in [0.717, 1.165) is 25.6 Å². The van der Waals surface area contributed by atoms with Crippen molar-refractivity contribution in [2.45, 2.75) is 57.0 Å². The molecule has 1 aliphatic heterocycles. The van der Waals surface area contributed by atoms with Crippen LogP contribution in [0.15, 0.2) is 23.1 Å². The second-order valence-electron chi connectivity index (χ2n) is 8.58. The van der Waals surface area contributed by atoms with Gasteiger partial charge in [-0.05, 0) is 57.5 Å². The van der Waals surface area contributed by atoms with Gasteiger partial charge >= 0.3 is 0 Å². The molecule has 0 bridgehead atoms. The zero-order valence-electron chi connectivity index (χ0n) is 20.1. The van der Waals surface area contributed by atoms with Gasteiger partial charge in [0.2, 0.25) is 0 Å². The minimum Gasteiger partial charge on any atom is -0.493 e. The molecule has 0 spiro atoms. The molecule has 3 rings (SSSR count). The zero-order valence-corrected chi connectivity index (χ0v) is 20.9. The van der Waals surface area contributed by atoms with Crippen LogP contribution < -0.4 is 15.8 Å². The number of amides is 2. The minimum absolute atomic E-state index is 0.00713. The fraction of sp³-hybridized carbons (Fsp3) is 0.522. The van der Waals surface area contributed by atoms with Gasteiger partial charge in [-0.15, -0.1) is 0 Å². The monoisotopic (exact) mass is 491 g/mol. The molecule has 1 fully saturated rings. The van der Waals surface area contributed by atoms with Crippen LogP contribution in [0.5, 0.6) is 5.75 Å². The van der Waals surface area contributed by atoms with Crippen molar-refractivity contribution in [2.24, 2.45) is 5.73 Å². The molecule has 1 aliphatic rings. The molecule has 1 aromatic heterocycles. The number of rotatable bonds is 10. The average Bonchev–Trinajstić information content (AvgIpc) is 3.34. The number of primary amides is 1. The summed E-state index contributed by atoms with van der Waals surface area (Å²) in [6, 6.07) is 4.37. The van der Waals surface area contributed by atoms with Crippen LogP contribution in [0.25, 0.3) is 0 Å². The van der Waals surface area contributed by atoms with Gasteiger partial charge in [0.05, 0.1) is 35.0 Å². The Morgan fingerprint density at radius 2 is 2.03 bits per heavy atom. The van der Waals surface area contributed by atoms with Crippen molar-refractivity contribution < 1.29 is 22.7 Å². The van der Waals surface area contributed by atoms with E-state index in [1.165, 1.54) is 18.2 Å². The molecule has 1 atom stereocenters. The normalized spacial score (nSPS) is 16.5. The molecule has 2 aromatic rings. The lowest BCUT2D eigenvalue weighted by molar-refractivity contribution is 0.0988. The van der Waals surface area contributed by atoms with E-state index in [0.29, 0.717) is 31.7 Å². The van der Waals surface area contributed by atoms with E-state index >= 15 is 0 Å². The van der Waals surface area contributed by atoms with Crippen LogP contribution in [0, 0.1) is 0 Å². The summed E-state index contributed by atoms with van der Waals surface area (Å²) in [5.74, 6) is -1.05. The molecule has 0 unspecified atom stereocenters. The number of aromatic nitrogens is 2. The summed E-state index contributed by atoms with van der Waals surface area (Å²) in [5, 5.41) is 7.34. The van der Waals surface area contributed by atoms with E-state index in [1.807, 2.05) is 20.9 Å². The van der Waals surface area contributed by atoms with Gasteiger partial charge in [-0.25, -0.2) is 8.42 Å². The van der Waals surface area contributed by atoms with Gasteiger partial charge in [0, 0.05) is 12.3 Å². The Morgan fingerprint density at radius 1 is 1.29 bits per heavy atom. The number of carbonyl (C=O) groups excluding carboxylic acids is 2. The van der Waals surface area contributed by atoms with Crippen LogP contribution in [0.4, 0.5) is 5.69 Å². The molecule has 2 heterocycles. The quantitative estimate of drug-likeness (QED) is 0.519. The third-order valence-electron chi connectivity index (χ3n) is 5.97. The number of nitrogens with one attached hydrogen (secondary N) is 1. The van der Waals surface area contributed by atoms with Gasteiger partial charge in [0.25, 0.3) is 11.8 Å². The van der Waals surface area contributed by atoms with Crippen LogP contribution in [-0.2, 0) is 22.8 Å². The summed E-state index contributed by atoms with van der Waals surface area (Å²) >= 11 is 0. The molecule has 11 heteroatoms. The van der Waals surface area contributed by atoms with Crippen molar-refractivity contribution in [1.82, 2.24) is 14.7 Å². The summed E-state index contributed by atoms with van der Waals surface area (Å²) < 4.78 is 31.4. The van der Waals surface area contributed by atoms with E-state index in [4.69, 9.17) is 10.5 Å². The smallest absolute Gasteiger partial charge is 0.269 e. The number of nitrogens with zero attached hydrogens (tertiary/aromatic N) is 3. The van der Waals surface area contributed by atoms with Gasteiger partial charge in [-0.1, -0.05) is 13.8 Å². The summed E-state index contributed by atoms with van der Waals surface area (Å²) in [6.45, 7) is 5.60. The number of benzene rings is 1. The summed E-state index contributed by atoms with van der Waals surface area (Å²) in [4.78, 5) is 28.0. The van der Waals surface area contributed by atoms with E-state index in [9.17, 15) is 18.0 Å². The van der Waals surface area contributed by atoms with Crippen molar-refractivity contribution in [3.8, 4) is 5.75 Å². The highest BCUT2D eigenvalue weighted by atomic mass is 32.2. The Morgan fingerprint density at radius 3 is 2.59 bits per heavy atom. The van der Waals surface area contributed by atoms with Gasteiger partial charge in [0.1, 0.15) is 11.4 Å². The predicted molar refractivity (Wildman–Crippen MR) is 129 cm³/mol. The molecule has 3 N–H and O–H groups in total. The maximum absolute atomic E-state index is 13.3. The minimum atomic E-state index is -3.55. The topological polar surface area (TPSA) is 137 Å². The number of ether oxygens (including phenoxy) is 1. The van der Waals surface area contributed by atoms with E-state index in [-0.39, 0.29) is 33.6 Å². The summed E-state index contributed by atoms with van der Waals surface area (Å²) in [5.41, 5.74) is 6.66. The summed E-state index contributed by atoms with van der Waals surface area (Å²) in [6.07, 6.45) is 4.29. The highest BCUT2D eigenvalue weighted by Gasteiger charge is 2.28. The molecule has 2 amide bonds. The Balaban J connectivity index is 2.01. The SMILES string of the molecule is CCCOc1ccc(S(C)(=O)=O)cc1C(=O)Nc1c(CC)nn(C[C@@H]2CCCN2C)c1C(N)=O. The average molecular weight is 492 g/mol. The Hall–Kier alpha value is -2.92. The van der Waals surface area contributed by atoms with Crippen LogP contribution >= 0.6 is 0 Å². The number of likely N-dealkylation sites (N-methyl/N-ethyl adjacent to an activating group) is 1. The van der Waals surface area contributed by atoms with Crippen molar-refractivity contribution in [3.05, 3.63) is 35.2 Å². The first-order chi connectivity index (χ1) is 16.1. The van der Waals surface area contributed by atoms with Crippen molar-refractivity contribution >= 4 is 27.3 Å². The molecule has 34 heavy (non-hydrogen) atoms. The molecule has 0 saturated carbocycles. The zero-order chi connectivity index (χ0) is 25.0. The molecule has 1 saturated heterocycles. The Labute approximate surface area is 200 Å². The lowest BCUT2D eigenvalue weighted by atomic mass is 10.1. The van der Waals surface area contributed by atoms with Gasteiger partial charge in [0.15, 0.2) is 9.84 Å². The fourth-order valence-corrected chi connectivity index (χ4v) is 4.77. The van der Waals surface area contributed by atoms with Crippen LogP contribution in [-0.4, -0.2) is 67.4 Å². The largest absolute Gasteiger partial charge is 0.493 e. The van der Waals surface area contributed by atoms with Crippen LogP contribution in [0.1, 0.15) is 59.7 Å². The van der Waals surface area contributed by atoms with Crippen molar-refractivity contribution in [3.63, 3.8) is 0 Å². The number of likely N-dealkylation sites (tertiary alicyclic amines) is 1. The number of anilines is 1. The standard InChI is InChI=1S/C23H33N5O5S/c1-5-12-33-19-10-9-16(34(4,31)32)13-17(19)23(30)25-20-18(6-2)26-28(21(20)22(24)29)14-15-8-7-11-27(15)3/h9-10,13,15H,5-8,11-12,14H2,1-4H3,(H2,24,29)(H,25,30)/t15-/m0/s1. The van der Waals surface area contributed by atoms with Crippen molar-refractivity contribution in [1.29, 1.82) is 0 Å². The molecule has 1 aromatic carbocycles. The predicted octanol–water partition coefficient (Wildman–Crippen LogP) is 2.08. The summed E-state index contributed by atoms with van der Waals surface area (Å²) in [7, 11) is -1.52. The first kappa shape index (κ1) is 25.7. The number of hydrogen-bond donors (Lipinski definition) is 2.